The highest BCUT2D eigenvalue weighted by Crippen LogP contribution is 2.41. The summed E-state index contributed by atoms with van der Waals surface area (Å²) < 4.78 is 12.4. The van der Waals surface area contributed by atoms with E-state index in [1.54, 1.807) is 42.5 Å². The van der Waals surface area contributed by atoms with Crippen LogP contribution in [0.15, 0.2) is 42.5 Å². The van der Waals surface area contributed by atoms with Gasteiger partial charge in [0.05, 0.1) is 14.2 Å². The van der Waals surface area contributed by atoms with Gasteiger partial charge in [0.15, 0.2) is 0 Å². The second-order valence-electron chi connectivity index (χ2n) is 8.14. The minimum absolute atomic E-state index is 0.0766. The Bertz CT molecular complexity index is 1220. The Hall–Kier alpha value is -4.01. The fourth-order valence-corrected chi connectivity index (χ4v) is 4.17. The molecular formula is C26H31N3O6. The normalized spacial score (nSPS) is 11.7. The number of carbonyl (C=O) groups excluding carboxylic acids is 2. The van der Waals surface area contributed by atoms with Crippen molar-refractivity contribution in [1.82, 2.24) is 9.88 Å². The first-order chi connectivity index (χ1) is 16.8. The lowest BCUT2D eigenvalue weighted by molar-refractivity contribution is -0.145. The smallest absolute Gasteiger partial charge is 0.336 e. The Morgan fingerprint density at radius 1 is 1.09 bits per heavy atom. The summed E-state index contributed by atoms with van der Waals surface area (Å²) in [5.74, 6) is -1.81. The summed E-state index contributed by atoms with van der Waals surface area (Å²) in [5.41, 5.74) is 1.75. The number of aryl methyl sites for hydroxylation is 1. The van der Waals surface area contributed by atoms with Gasteiger partial charge in [0.25, 0.3) is 11.8 Å². The van der Waals surface area contributed by atoms with Gasteiger partial charge >= 0.3 is 5.97 Å². The van der Waals surface area contributed by atoms with Gasteiger partial charge in [-0.25, -0.2) is 4.79 Å². The topological polar surface area (TPSA) is 110 Å². The molecule has 1 heterocycles. The van der Waals surface area contributed by atoms with Crippen molar-refractivity contribution in [2.75, 3.05) is 32.7 Å². The van der Waals surface area contributed by atoms with Crippen LogP contribution in [-0.2, 0) is 9.59 Å². The number of para-hydroxylation sites is 1. The number of amides is 2. The molecule has 3 aromatic rings. The summed E-state index contributed by atoms with van der Waals surface area (Å²) in [6.45, 7) is 4.09. The zero-order chi connectivity index (χ0) is 25.7. The highest BCUT2D eigenvalue weighted by molar-refractivity contribution is 6.11. The van der Waals surface area contributed by atoms with E-state index in [0.29, 0.717) is 34.5 Å². The number of anilines is 1. The molecule has 2 N–H and O–H groups in total. The van der Waals surface area contributed by atoms with E-state index in [0.717, 1.165) is 12.0 Å². The SMILES string of the molecule is CCCCN(C(=O)C(C(=O)O)n1c(C(=O)NC)cc2ccccc21)c1c(OC)cc(C)cc1OC. The number of carboxylic acid groups (broad SMARTS) is 1. The van der Waals surface area contributed by atoms with Gasteiger partial charge in [-0.2, -0.15) is 0 Å². The van der Waals surface area contributed by atoms with Crippen LogP contribution in [0.3, 0.4) is 0 Å². The maximum Gasteiger partial charge on any atom is 0.336 e. The minimum Gasteiger partial charge on any atom is -0.494 e. The number of benzene rings is 2. The molecule has 0 spiro atoms. The Morgan fingerprint density at radius 3 is 2.26 bits per heavy atom. The molecule has 9 nitrogen and oxygen atoms in total. The van der Waals surface area contributed by atoms with E-state index < -0.39 is 23.8 Å². The van der Waals surface area contributed by atoms with Gasteiger partial charge in [-0.3, -0.25) is 9.59 Å². The first kappa shape index (κ1) is 25.6. The molecule has 0 aliphatic heterocycles. The average Bonchev–Trinajstić information content (AvgIpc) is 3.23. The molecule has 0 saturated carbocycles. The second-order valence-corrected chi connectivity index (χ2v) is 8.14. The van der Waals surface area contributed by atoms with Crippen molar-refractivity contribution < 1.29 is 29.0 Å². The molecule has 3 rings (SSSR count). The van der Waals surface area contributed by atoms with E-state index in [9.17, 15) is 19.5 Å². The summed E-state index contributed by atoms with van der Waals surface area (Å²) in [6, 6.07) is 10.4. The van der Waals surface area contributed by atoms with Crippen molar-refractivity contribution in [2.24, 2.45) is 0 Å². The molecule has 186 valence electrons. The van der Waals surface area contributed by atoms with Gasteiger partial charge in [-0.05, 0) is 43.2 Å². The summed E-state index contributed by atoms with van der Waals surface area (Å²) in [6.07, 6.45) is 1.39. The van der Waals surface area contributed by atoms with Crippen LogP contribution >= 0.6 is 0 Å². The molecule has 2 amide bonds. The van der Waals surface area contributed by atoms with E-state index in [-0.39, 0.29) is 12.2 Å². The van der Waals surface area contributed by atoms with Gasteiger partial charge in [-0.15, -0.1) is 0 Å². The lowest BCUT2D eigenvalue weighted by atomic mass is 10.1. The van der Waals surface area contributed by atoms with Crippen LogP contribution in [0.1, 0.15) is 41.9 Å². The van der Waals surface area contributed by atoms with Crippen molar-refractivity contribution in [3.63, 3.8) is 0 Å². The number of carbonyl (C=O) groups is 3. The van der Waals surface area contributed by atoms with Gasteiger partial charge in [0.2, 0.25) is 6.04 Å². The predicted molar refractivity (Wildman–Crippen MR) is 134 cm³/mol. The number of rotatable bonds is 10. The largest absolute Gasteiger partial charge is 0.494 e. The van der Waals surface area contributed by atoms with E-state index in [4.69, 9.17) is 9.47 Å². The van der Waals surface area contributed by atoms with Crippen LogP contribution in [0, 0.1) is 6.92 Å². The van der Waals surface area contributed by atoms with Gasteiger partial charge in [-0.1, -0.05) is 31.5 Å². The number of nitrogens with one attached hydrogen (secondary N) is 1. The Kier molecular flexibility index (Phi) is 8.01. The number of aliphatic carboxylic acids is 1. The van der Waals surface area contributed by atoms with Crippen molar-refractivity contribution in [1.29, 1.82) is 0 Å². The minimum atomic E-state index is -1.70. The average molecular weight is 482 g/mol. The quantitative estimate of drug-likeness (QED) is 0.427. The molecule has 0 aliphatic rings. The third kappa shape index (κ3) is 4.94. The van der Waals surface area contributed by atoms with Crippen LogP contribution in [0.2, 0.25) is 0 Å². The van der Waals surface area contributed by atoms with Crippen molar-refractivity contribution in [3.8, 4) is 11.5 Å². The molecular weight excluding hydrogens is 450 g/mol. The number of aromatic nitrogens is 1. The highest BCUT2D eigenvalue weighted by Gasteiger charge is 2.38. The van der Waals surface area contributed by atoms with E-state index in [1.165, 1.54) is 30.7 Å². The lowest BCUT2D eigenvalue weighted by Crippen LogP contribution is -2.43. The molecule has 1 aromatic heterocycles. The summed E-state index contributed by atoms with van der Waals surface area (Å²) in [7, 11) is 4.42. The van der Waals surface area contributed by atoms with Crippen LogP contribution < -0.4 is 19.7 Å². The molecule has 2 aromatic carbocycles. The molecule has 35 heavy (non-hydrogen) atoms. The summed E-state index contributed by atoms with van der Waals surface area (Å²) in [5, 5.41) is 13.5. The van der Waals surface area contributed by atoms with Crippen LogP contribution in [0.25, 0.3) is 10.9 Å². The first-order valence-electron chi connectivity index (χ1n) is 11.4. The van der Waals surface area contributed by atoms with E-state index in [1.807, 2.05) is 13.8 Å². The summed E-state index contributed by atoms with van der Waals surface area (Å²) in [4.78, 5) is 40.9. The van der Waals surface area contributed by atoms with E-state index in [2.05, 4.69) is 5.32 Å². The number of unbranched alkanes of at least 4 members (excludes halogenated alkanes) is 1. The number of fused-ring (bicyclic) bond motifs is 1. The van der Waals surface area contributed by atoms with Gasteiger partial charge in [0.1, 0.15) is 22.9 Å². The predicted octanol–water partition coefficient (Wildman–Crippen LogP) is 3.79. The number of hydrogen-bond acceptors (Lipinski definition) is 5. The Balaban J connectivity index is 2.27. The highest BCUT2D eigenvalue weighted by atomic mass is 16.5. The number of ether oxygens (including phenoxy) is 2. The molecule has 0 bridgehead atoms. The molecule has 9 heteroatoms. The standard InChI is InChI=1S/C26H31N3O6/c1-6-7-12-28(22-20(34-4)13-16(2)14-21(22)35-5)25(31)23(26(32)33)29-18-11-9-8-10-17(18)15-19(29)24(30)27-3/h8-11,13-15,23H,6-7,12H2,1-5H3,(H,27,30)(H,32,33). The number of methoxy groups -OCH3 is 2. The molecule has 1 unspecified atom stereocenters. The molecule has 0 fully saturated rings. The summed E-state index contributed by atoms with van der Waals surface area (Å²) >= 11 is 0. The first-order valence-corrected chi connectivity index (χ1v) is 11.4. The van der Waals surface area contributed by atoms with Crippen LogP contribution in [-0.4, -0.2) is 55.3 Å². The number of nitrogens with zero attached hydrogens (tertiary/aromatic N) is 2. The molecule has 0 saturated heterocycles. The number of carboxylic acids is 1. The van der Waals surface area contributed by atoms with Crippen LogP contribution in [0.5, 0.6) is 11.5 Å². The maximum absolute atomic E-state index is 14.1. The molecule has 1 atom stereocenters. The van der Waals surface area contributed by atoms with Gasteiger partial charge in [0, 0.05) is 24.5 Å². The Labute approximate surface area is 204 Å². The molecule has 0 radical (unpaired) electrons. The maximum atomic E-state index is 14.1. The third-order valence-corrected chi connectivity index (χ3v) is 5.83. The van der Waals surface area contributed by atoms with Gasteiger partial charge < -0.3 is 29.4 Å². The third-order valence-electron chi connectivity index (χ3n) is 5.83. The fraction of sp³-hybridized carbons (Fsp3) is 0.346. The Morgan fingerprint density at radius 2 is 1.71 bits per heavy atom. The zero-order valence-electron chi connectivity index (χ0n) is 20.6. The lowest BCUT2D eigenvalue weighted by Gasteiger charge is -2.30. The fourth-order valence-electron chi connectivity index (χ4n) is 4.17. The van der Waals surface area contributed by atoms with Crippen molar-refractivity contribution in [3.05, 3.63) is 53.7 Å². The van der Waals surface area contributed by atoms with Crippen molar-refractivity contribution in [2.45, 2.75) is 32.7 Å². The van der Waals surface area contributed by atoms with Crippen molar-refractivity contribution >= 4 is 34.4 Å². The molecule has 0 aliphatic carbocycles. The monoisotopic (exact) mass is 481 g/mol. The van der Waals surface area contributed by atoms with Crippen LogP contribution in [0.4, 0.5) is 5.69 Å². The number of hydrogen-bond donors (Lipinski definition) is 2. The zero-order valence-corrected chi connectivity index (χ0v) is 20.6. The second kappa shape index (κ2) is 10.9. The van der Waals surface area contributed by atoms with E-state index >= 15 is 0 Å².